The van der Waals surface area contributed by atoms with Gasteiger partial charge in [0, 0.05) is 5.02 Å². The minimum atomic E-state index is -0.615. The number of H-pyrrole nitrogens is 1. The summed E-state index contributed by atoms with van der Waals surface area (Å²) >= 11 is 5.85. The highest BCUT2D eigenvalue weighted by Crippen LogP contribution is 2.17. The number of aromatic amines is 1. The zero-order valence-corrected chi connectivity index (χ0v) is 11.7. The number of nitrogens with zero attached hydrogens (tertiary/aromatic N) is 1. The molecule has 0 unspecified atom stereocenters. The topological polar surface area (TPSA) is 80.9 Å². The molecule has 0 saturated carbocycles. The summed E-state index contributed by atoms with van der Waals surface area (Å²) in [6.07, 6.45) is 0. The average Bonchev–Trinajstić information content (AvgIpc) is 2.78. The first-order valence-corrected chi connectivity index (χ1v) is 6.70. The van der Waals surface area contributed by atoms with Crippen LogP contribution in [0.25, 0.3) is 10.9 Å². The standard InChI is InChI=1S/C15H12ClN3O2/c16-10-6-4-9(5-7-10)8-19-12-3-1-2-11(14(17)20)13(12)15(21)18-19/h1-7H,8H2,(H2,17,20)(H,18,21). The number of aromatic nitrogens is 2. The number of halogens is 1. The Kier molecular flexibility index (Phi) is 3.27. The van der Waals surface area contributed by atoms with Crippen molar-refractivity contribution in [1.82, 2.24) is 9.78 Å². The Labute approximate surface area is 124 Å². The maximum Gasteiger partial charge on any atom is 0.272 e. The fourth-order valence-electron chi connectivity index (χ4n) is 2.34. The first-order valence-electron chi connectivity index (χ1n) is 6.32. The highest BCUT2D eigenvalue weighted by molar-refractivity contribution is 6.30. The second-order valence-corrected chi connectivity index (χ2v) is 5.15. The second kappa shape index (κ2) is 5.10. The van der Waals surface area contributed by atoms with Crippen molar-refractivity contribution in [1.29, 1.82) is 0 Å². The third-order valence-electron chi connectivity index (χ3n) is 3.32. The summed E-state index contributed by atoms with van der Waals surface area (Å²) < 4.78 is 1.69. The molecular formula is C15H12ClN3O2. The molecule has 3 rings (SSSR count). The summed E-state index contributed by atoms with van der Waals surface area (Å²) in [6.45, 7) is 0.470. The molecule has 0 spiro atoms. The molecule has 0 aliphatic carbocycles. The zero-order chi connectivity index (χ0) is 15.0. The molecule has 106 valence electrons. The van der Waals surface area contributed by atoms with E-state index in [4.69, 9.17) is 17.3 Å². The normalized spacial score (nSPS) is 10.9. The van der Waals surface area contributed by atoms with Crippen LogP contribution in [0.2, 0.25) is 5.02 Å². The Balaban J connectivity index is 2.12. The molecule has 0 fully saturated rings. The zero-order valence-electron chi connectivity index (χ0n) is 11.0. The van der Waals surface area contributed by atoms with Gasteiger partial charge in [0.05, 0.1) is 23.0 Å². The maximum atomic E-state index is 12.1. The molecule has 0 bridgehead atoms. The van der Waals surface area contributed by atoms with Gasteiger partial charge >= 0.3 is 0 Å². The highest BCUT2D eigenvalue weighted by atomic mass is 35.5. The number of rotatable bonds is 3. The third-order valence-corrected chi connectivity index (χ3v) is 3.57. The first-order chi connectivity index (χ1) is 10.1. The van der Waals surface area contributed by atoms with Gasteiger partial charge in [0.2, 0.25) is 5.91 Å². The van der Waals surface area contributed by atoms with E-state index in [0.29, 0.717) is 22.5 Å². The number of carbonyl (C=O) groups excluding carboxylic acids is 1. The lowest BCUT2D eigenvalue weighted by molar-refractivity contribution is 0.100. The summed E-state index contributed by atoms with van der Waals surface area (Å²) in [6, 6.07) is 12.4. The van der Waals surface area contributed by atoms with Gasteiger partial charge in [0.15, 0.2) is 0 Å². The number of hydrogen-bond acceptors (Lipinski definition) is 2. The van der Waals surface area contributed by atoms with E-state index in [-0.39, 0.29) is 11.1 Å². The van der Waals surface area contributed by atoms with E-state index in [0.717, 1.165) is 5.56 Å². The van der Waals surface area contributed by atoms with Gasteiger partial charge in [-0.15, -0.1) is 0 Å². The average molecular weight is 302 g/mol. The van der Waals surface area contributed by atoms with E-state index in [1.807, 2.05) is 12.1 Å². The van der Waals surface area contributed by atoms with Crippen molar-refractivity contribution < 1.29 is 4.79 Å². The Morgan fingerprint density at radius 3 is 2.57 bits per heavy atom. The van der Waals surface area contributed by atoms with Crippen molar-refractivity contribution in [3.05, 3.63) is 69.0 Å². The Morgan fingerprint density at radius 2 is 1.90 bits per heavy atom. The smallest absolute Gasteiger partial charge is 0.272 e. The largest absolute Gasteiger partial charge is 0.366 e. The van der Waals surface area contributed by atoms with Gasteiger partial charge < -0.3 is 5.73 Å². The molecule has 21 heavy (non-hydrogen) atoms. The fraction of sp³-hybridized carbons (Fsp3) is 0.0667. The van der Waals surface area contributed by atoms with Gasteiger partial charge in [0.1, 0.15) is 0 Å². The van der Waals surface area contributed by atoms with Crippen LogP contribution < -0.4 is 11.3 Å². The predicted molar refractivity (Wildman–Crippen MR) is 81.6 cm³/mol. The van der Waals surface area contributed by atoms with E-state index < -0.39 is 5.91 Å². The molecule has 0 atom stereocenters. The van der Waals surface area contributed by atoms with Crippen LogP contribution in [0.3, 0.4) is 0 Å². The number of benzene rings is 2. The van der Waals surface area contributed by atoms with Crippen LogP contribution in [0.1, 0.15) is 15.9 Å². The van der Waals surface area contributed by atoms with E-state index in [2.05, 4.69) is 5.10 Å². The summed E-state index contributed by atoms with van der Waals surface area (Å²) in [7, 11) is 0. The van der Waals surface area contributed by atoms with Crippen LogP contribution in [-0.2, 0) is 6.54 Å². The lowest BCUT2D eigenvalue weighted by atomic mass is 10.1. The van der Waals surface area contributed by atoms with Crippen molar-refractivity contribution >= 4 is 28.4 Å². The molecule has 3 aromatic rings. The second-order valence-electron chi connectivity index (χ2n) is 4.72. The SMILES string of the molecule is NC(=O)c1cccc2c1c(=O)[nH]n2Cc1ccc(Cl)cc1. The molecule has 1 amide bonds. The number of primary amides is 1. The minimum absolute atomic E-state index is 0.226. The number of fused-ring (bicyclic) bond motifs is 1. The minimum Gasteiger partial charge on any atom is -0.366 e. The van der Waals surface area contributed by atoms with Crippen LogP contribution >= 0.6 is 11.6 Å². The molecule has 0 aliphatic rings. The molecule has 3 N–H and O–H groups in total. The number of hydrogen-bond donors (Lipinski definition) is 2. The lowest BCUT2D eigenvalue weighted by Gasteiger charge is -2.05. The van der Waals surface area contributed by atoms with E-state index >= 15 is 0 Å². The fourth-order valence-corrected chi connectivity index (χ4v) is 2.47. The summed E-state index contributed by atoms with van der Waals surface area (Å²) in [5, 5.41) is 3.70. The molecule has 6 heteroatoms. The molecule has 2 aromatic carbocycles. The van der Waals surface area contributed by atoms with Crippen molar-refractivity contribution in [2.75, 3.05) is 0 Å². The van der Waals surface area contributed by atoms with Gasteiger partial charge in [0.25, 0.3) is 5.56 Å². The predicted octanol–water partition coefficient (Wildman–Crippen LogP) is 2.13. The lowest BCUT2D eigenvalue weighted by Crippen LogP contribution is -2.14. The number of nitrogens with one attached hydrogen (secondary N) is 1. The number of amides is 1. The van der Waals surface area contributed by atoms with Gasteiger partial charge in [-0.2, -0.15) is 0 Å². The van der Waals surface area contributed by atoms with Crippen molar-refractivity contribution in [2.45, 2.75) is 6.54 Å². The molecule has 1 heterocycles. The van der Waals surface area contributed by atoms with Crippen molar-refractivity contribution in [3.8, 4) is 0 Å². The van der Waals surface area contributed by atoms with E-state index in [1.54, 1.807) is 35.0 Å². The molecule has 1 aromatic heterocycles. The molecule has 5 nitrogen and oxygen atoms in total. The summed E-state index contributed by atoms with van der Waals surface area (Å²) in [5.74, 6) is -0.615. The molecule has 0 aliphatic heterocycles. The van der Waals surface area contributed by atoms with Crippen molar-refractivity contribution in [2.24, 2.45) is 5.73 Å². The maximum absolute atomic E-state index is 12.1. The number of nitrogens with two attached hydrogens (primary N) is 1. The third kappa shape index (κ3) is 2.43. The van der Waals surface area contributed by atoms with Crippen LogP contribution in [-0.4, -0.2) is 15.7 Å². The Morgan fingerprint density at radius 1 is 1.19 bits per heavy atom. The van der Waals surface area contributed by atoms with Gasteiger partial charge in [-0.05, 0) is 29.8 Å². The van der Waals surface area contributed by atoms with Crippen LogP contribution in [0.4, 0.5) is 0 Å². The van der Waals surface area contributed by atoms with E-state index in [1.165, 1.54) is 0 Å². The Bertz CT molecular complexity index is 878. The highest BCUT2D eigenvalue weighted by Gasteiger charge is 2.14. The molecular weight excluding hydrogens is 290 g/mol. The molecule has 0 radical (unpaired) electrons. The van der Waals surface area contributed by atoms with Gasteiger partial charge in [-0.1, -0.05) is 29.8 Å². The van der Waals surface area contributed by atoms with Crippen LogP contribution in [0.15, 0.2) is 47.3 Å². The van der Waals surface area contributed by atoms with Gasteiger partial charge in [-0.25, -0.2) is 0 Å². The van der Waals surface area contributed by atoms with Crippen molar-refractivity contribution in [3.63, 3.8) is 0 Å². The summed E-state index contributed by atoms with van der Waals surface area (Å²) in [4.78, 5) is 23.5. The van der Waals surface area contributed by atoms with Crippen LogP contribution in [0.5, 0.6) is 0 Å². The monoisotopic (exact) mass is 301 g/mol. The quantitative estimate of drug-likeness (QED) is 0.777. The number of carbonyl (C=O) groups is 1. The van der Waals surface area contributed by atoms with Gasteiger partial charge in [-0.3, -0.25) is 19.4 Å². The first kappa shape index (κ1) is 13.5. The molecule has 0 saturated heterocycles. The Hall–Kier alpha value is -2.53. The van der Waals surface area contributed by atoms with E-state index in [9.17, 15) is 9.59 Å². The van der Waals surface area contributed by atoms with Crippen LogP contribution in [0, 0.1) is 0 Å². The summed E-state index contributed by atoms with van der Waals surface area (Å²) in [5.41, 5.74) is 6.84.